The third-order valence-electron chi connectivity index (χ3n) is 3.63. The normalized spacial score (nSPS) is 11.3. The van der Waals surface area contributed by atoms with E-state index in [1.54, 1.807) is 10.7 Å². The molecule has 3 rings (SSSR count). The number of hydrogen-bond acceptors (Lipinski definition) is 7. The Labute approximate surface area is 172 Å². The van der Waals surface area contributed by atoms with Crippen molar-refractivity contribution in [3.05, 3.63) is 47.5 Å². The first-order chi connectivity index (χ1) is 13.7. The predicted octanol–water partition coefficient (Wildman–Crippen LogP) is 3.73. The van der Waals surface area contributed by atoms with E-state index in [9.17, 15) is 12.8 Å². The first kappa shape index (κ1) is 20.8. The van der Waals surface area contributed by atoms with Gasteiger partial charge in [-0.15, -0.1) is 0 Å². The lowest BCUT2D eigenvalue weighted by atomic mass is 10.2. The highest BCUT2D eigenvalue weighted by molar-refractivity contribution is 7.92. The monoisotopic (exact) mass is 439 g/mol. The lowest BCUT2D eigenvalue weighted by molar-refractivity contribution is 0.604. The van der Waals surface area contributed by atoms with Crippen LogP contribution in [0.5, 0.6) is 0 Å². The van der Waals surface area contributed by atoms with Crippen LogP contribution in [0, 0.1) is 5.82 Å². The zero-order chi connectivity index (χ0) is 21.0. The Morgan fingerprint density at radius 3 is 2.76 bits per heavy atom. The van der Waals surface area contributed by atoms with E-state index in [1.165, 1.54) is 18.3 Å². The molecule has 0 saturated heterocycles. The van der Waals surface area contributed by atoms with Gasteiger partial charge >= 0.3 is 0 Å². The maximum absolute atomic E-state index is 14.2. The van der Waals surface area contributed by atoms with Gasteiger partial charge in [-0.05, 0) is 18.6 Å². The van der Waals surface area contributed by atoms with Gasteiger partial charge in [-0.25, -0.2) is 17.8 Å². The Kier molecular flexibility index (Phi) is 6.18. The molecule has 0 aliphatic rings. The SMILES string of the molecule is CCCn1ccc(Nc2ncc(Cl)c(Nc3cccc(F)c3NS(C)(=O)=O)n2)n1. The van der Waals surface area contributed by atoms with Gasteiger partial charge < -0.3 is 10.6 Å². The number of halogens is 2. The first-order valence-corrected chi connectivity index (χ1v) is 10.9. The van der Waals surface area contributed by atoms with E-state index < -0.39 is 15.8 Å². The minimum Gasteiger partial charge on any atom is -0.337 e. The van der Waals surface area contributed by atoms with E-state index in [1.807, 2.05) is 13.1 Å². The summed E-state index contributed by atoms with van der Waals surface area (Å²) < 4.78 is 41.2. The highest BCUT2D eigenvalue weighted by atomic mass is 35.5. The summed E-state index contributed by atoms with van der Waals surface area (Å²) in [6, 6.07) is 5.84. The van der Waals surface area contributed by atoms with Crippen LogP contribution in [-0.2, 0) is 16.6 Å². The van der Waals surface area contributed by atoms with Crippen LogP contribution in [0.1, 0.15) is 13.3 Å². The van der Waals surface area contributed by atoms with Gasteiger partial charge in [0.1, 0.15) is 16.5 Å². The highest BCUT2D eigenvalue weighted by Gasteiger charge is 2.15. The maximum Gasteiger partial charge on any atom is 0.230 e. The molecule has 1 aromatic carbocycles. The van der Waals surface area contributed by atoms with Crippen LogP contribution in [0.15, 0.2) is 36.7 Å². The third-order valence-corrected chi connectivity index (χ3v) is 4.48. The second-order valence-electron chi connectivity index (χ2n) is 6.14. The molecule has 2 aromatic heterocycles. The largest absolute Gasteiger partial charge is 0.337 e. The summed E-state index contributed by atoms with van der Waals surface area (Å²) >= 11 is 6.15. The number of hydrogen-bond donors (Lipinski definition) is 3. The van der Waals surface area contributed by atoms with Crippen molar-refractivity contribution in [3.8, 4) is 0 Å². The van der Waals surface area contributed by atoms with Crippen molar-refractivity contribution in [2.45, 2.75) is 19.9 Å². The maximum atomic E-state index is 14.2. The minimum absolute atomic E-state index is 0.147. The Morgan fingerprint density at radius 1 is 1.24 bits per heavy atom. The van der Waals surface area contributed by atoms with Crippen LogP contribution in [0.4, 0.5) is 33.3 Å². The van der Waals surface area contributed by atoms with E-state index in [4.69, 9.17) is 11.6 Å². The smallest absolute Gasteiger partial charge is 0.230 e. The van der Waals surface area contributed by atoms with Crippen molar-refractivity contribution in [1.82, 2.24) is 19.7 Å². The highest BCUT2D eigenvalue weighted by Crippen LogP contribution is 2.31. The predicted molar refractivity (Wildman–Crippen MR) is 111 cm³/mol. The fourth-order valence-corrected chi connectivity index (χ4v) is 3.17. The lowest BCUT2D eigenvalue weighted by Gasteiger charge is -2.14. The minimum atomic E-state index is -3.69. The molecule has 3 N–H and O–H groups in total. The zero-order valence-corrected chi connectivity index (χ0v) is 17.2. The number of nitrogens with one attached hydrogen (secondary N) is 3. The average molecular weight is 440 g/mol. The molecular weight excluding hydrogens is 421 g/mol. The first-order valence-electron chi connectivity index (χ1n) is 8.61. The molecule has 0 fully saturated rings. The molecule has 0 radical (unpaired) electrons. The molecule has 2 heterocycles. The summed E-state index contributed by atoms with van der Waals surface area (Å²) in [6.45, 7) is 2.83. The molecule has 0 aliphatic carbocycles. The van der Waals surface area contributed by atoms with Gasteiger partial charge in [0, 0.05) is 18.8 Å². The number of rotatable bonds is 8. The Balaban J connectivity index is 1.86. The van der Waals surface area contributed by atoms with Crippen molar-refractivity contribution in [1.29, 1.82) is 0 Å². The lowest BCUT2D eigenvalue weighted by Crippen LogP contribution is -2.13. The number of sulfonamides is 1. The summed E-state index contributed by atoms with van der Waals surface area (Å²) in [6.07, 6.45) is 5.08. The zero-order valence-electron chi connectivity index (χ0n) is 15.6. The average Bonchev–Trinajstić information content (AvgIpc) is 3.07. The molecule has 29 heavy (non-hydrogen) atoms. The van der Waals surface area contributed by atoms with Crippen molar-refractivity contribution < 1.29 is 12.8 Å². The fraction of sp³-hybridized carbons (Fsp3) is 0.235. The van der Waals surface area contributed by atoms with Crippen molar-refractivity contribution in [2.75, 3.05) is 21.6 Å². The Hall–Kier alpha value is -2.92. The van der Waals surface area contributed by atoms with Crippen LogP contribution >= 0.6 is 11.6 Å². The molecule has 0 unspecified atom stereocenters. The van der Waals surface area contributed by atoms with Crippen LogP contribution in [0.25, 0.3) is 0 Å². The Morgan fingerprint density at radius 2 is 2.03 bits per heavy atom. The molecule has 154 valence electrons. The Bertz CT molecular complexity index is 1120. The van der Waals surface area contributed by atoms with Crippen LogP contribution in [-0.4, -0.2) is 34.4 Å². The third kappa shape index (κ3) is 5.55. The van der Waals surface area contributed by atoms with Gasteiger partial charge in [-0.1, -0.05) is 24.6 Å². The van der Waals surface area contributed by atoms with E-state index in [0.717, 1.165) is 25.3 Å². The van der Waals surface area contributed by atoms with Crippen LogP contribution in [0.3, 0.4) is 0 Å². The molecule has 0 bridgehead atoms. The van der Waals surface area contributed by atoms with E-state index in [-0.39, 0.29) is 28.2 Å². The van der Waals surface area contributed by atoms with Gasteiger partial charge in [0.05, 0.1) is 18.1 Å². The van der Waals surface area contributed by atoms with E-state index >= 15 is 0 Å². The van der Waals surface area contributed by atoms with Gasteiger partial charge in [0.2, 0.25) is 16.0 Å². The molecule has 0 spiro atoms. The molecule has 0 atom stereocenters. The number of benzene rings is 1. The summed E-state index contributed by atoms with van der Waals surface area (Å²) in [7, 11) is -3.69. The summed E-state index contributed by atoms with van der Waals surface area (Å²) in [5, 5.41) is 10.3. The van der Waals surface area contributed by atoms with Crippen molar-refractivity contribution in [3.63, 3.8) is 0 Å². The van der Waals surface area contributed by atoms with Gasteiger partial charge in [0.25, 0.3) is 0 Å². The number of aromatic nitrogens is 4. The summed E-state index contributed by atoms with van der Waals surface area (Å²) in [5.74, 6) is 0.189. The standard InChI is InChI=1S/C17H19ClFN7O2S/c1-3-8-26-9-7-14(24-26)22-17-20-10-11(18)16(23-17)21-13-6-4-5-12(19)15(13)25-29(2,27)28/h4-7,9-10,25H,3,8H2,1-2H3,(H2,20,21,22,23,24). The number of para-hydroxylation sites is 1. The topological polar surface area (TPSA) is 114 Å². The molecule has 12 heteroatoms. The second-order valence-corrected chi connectivity index (χ2v) is 8.30. The van der Waals surface area contributed by atoms with Crippen LogP contribution in [0.2, 0.25) is 5.02 Å². The number of aryl methyl sites for hydroxylation is 1. The molecule has 0 amide bonds. The van der Waals surface area contributed by atoms with E-state index in [2.05, 4.69) is 30.4 Å². The summed E-state index contributed by atoms with van der Waals surface area (Å²) in [4.78, 5) is 8.37. The number of anilines is 5. The molecule has 9 nitrogen and oxygen atoms in total. The van der Waals surface area contributed by atoms with Crippen LogP contribution < -0.4 is 15.4 Å². The second kappa shape index (κ2) is 8.62. The van der Waals surface area contributed by atoms with Gasteiger partial charge in [-0.3, -0.25) is 9.40 Å². The molecule has 0 saturated carbocycles. The quantitative estimate of drug-likeness (QED) is 0.490. The molecule has 3 aromatic rings. The van der Waals surface area contributed by atoms with Gasteiger partial charge in [-0.2, -0.15) is 10.1 Å². The van der Waals surface area contributed by atoms with Gasteiger partial charge in [0.15, 0.2) is 11.6 Å². The molecule has 0 aliphatic heterocycles. The fourth-order valence-electron chi connectivity index (χ4n) is 2.46. The van der Waals surface area contributed by atoms with Crippen molar-refractivity contribution >= 4 is 50.6 Å². The van der Waals surface area contributed by atoms with E-state index in [0.29, 0.717) is 5.82 Å². The van der Waals surface area contributed by atoms with Crippen molar-refractivity contribution in [2.24, 2.45) is 0 Å². The number of nitrogens with zero attached hydrogens (tertiary/aromatic N) is 4. The summed E-state index contributed by atoms with van der Waals surface area (Å²) in [5.41, 5.74) is -0.0910. The molecular formula is C17H19ClFN7O2S.